The van der Waals surface area contributed by atoms with Crippen molar-refractivity contribution < 1.29 is 5.11 Å². The molecule has 1 heterocycles. The van der Waals surface area contributed by atoms with Gasteiger partial charge in [-0.3, -0.25) is 0 Å². The number of halogens is 1. The van der Waals surface area contributed by atoms with Gasteiger partial charge in [0.1, 0.15) is 0 Å². The second-order valence-corrected chi connectivity index (χ2v) is 3.80. The predicted molar refractivity (Wildman–Crippen MR) is 50.1 cm³/mol. The Balaban J connectivity index is 2.50. The first-order chi connectivity index (χ1) is 5.33. The van der Waals surface area contributed by atoms with Gasteiger partial charge in [-0.1, -0.05) is 17.7 Å². The quantitative estimate of drug-likeness (QED) is 0.774. The van der Waals surface area contributed by atoms with Crippen LogP contribution < -0.4 is 0 Å². The van der Waals surface area contributed by atoms with Crippen molar-refractivity contribution >= 4 is 29.0 Å². The van der Waals surface area contributed by atoms with E-state index >= 15 is 0 Å². The molecule has 1 aromatic rings. The van der Waals surface area contributed by atoms with Crippen LogP contribution in [-0.2, 0) is 0 Å². The fraction of sp³-hybridized carbons (Fsp3) is 0.250. The molecule has 0 aliphatic carbocycles. The summed E-state index contributed by atoms with van der Waals surface area (Å²) in [5, 5.41) is 8.48. The molecule has 0 atom stereocenters. The molecule has 1 N–H and O–H groups in total. The van der Waals surface area contributed by atoms with E-state index in [2.05, 4.69) is 0 Å². The number of rotatable bonds is 3. The van der Waals surface area contributed by atoms with Crippen LogP contribution in [0.15, 0.2) is 18.2 Å². The first-order valence-corrected chi connectivity index (χ1v) is 4.55. The van der Waals surface area contributed by atoms with E-state index in [1.807, 2.05) is 24.3 Å². The molecule has 0 fully saturated rings. The minimum atomic E-state index is 0.204. The molecule has 0 unspecified atom stereocenters. The van der Waals surface area contributed by atoms with Gasteiger partial charge in [-0.15, -0.1) is 11.3 Å². The van der Waals surface area contributed by atoms with Gasteiger partial charge in [0, 0.05) is 11.5 Å². The molecule has 0 aromatic carbocycles. The van der Waals surface area contributed by atoms with Crippen molar-refractivity contribution in [1.82, 2.24) is 0 Å². The van der Waals surface area contributed by atoms with Gasteiger partial charge in [0.2, 0.25) is 0 Å². The van der Waals surface area contributed by atoms with Crippen LogP contribution in [0.2, 0.25) is 4.34 Å². The number of aliphatic hydroxyl groups is 1. The second kappa shape index (κ2) is 4.54. The molecule has 1 aromatic heterocycles. The third-order valence-electron chi connectivity index (χ3n) is 1.17. The van der Waals surface area contributed by atoms with E-state index in [9.17, 15) is 0 Å². The van der Waals surface area contributed by atoms with Gasteiger partial charge in [0.05, 0.1) is 4.34 Å². The Hall–Kier alpha value is -0.310. The Labute approximate surface area is 74.9 Å². The third-order valence-corrected chi connectivity index (χ3v) is 2.37. The lowest BCUT2D eigenvalue weighted by Crippen LogP contribution is -1.74. The molecular weight excluding hydrogens is 180 g/mol. The summed E-state index contributed by atoms with van der Waals surface area (Å²) in [6, 6.07) is 3.83. The Morgan fingerprint density at radius 1 is 1.55 bits per heavy atom. The smallest absolute Gasteiger partial charge is 0.0934 e. The lowest BCUT2D eigenvalue weighted by atomic mass is 10.3. The zero-order valence-corrected chi connectivity index (χ0v) is 7.53. The van der Waals surface area contributed by atoms with Gasteiger partial charge < -0.3 is 5.11 Å². The van der Waals surface area contributed by atoms with Gasteiger partial charge in [-0.25, -0.2) is 0 Å². The fourth-order valence-electron chi connectivity index (χ4n) is 0.692. The summed E-state index contributed by atoms with van der Waals surface area (Å²) in [6.07, 6.45) is 4.60. The van der Waals surface area contributed by atoms with Crippen molar-refractivity contribution in [3.63, 3.8) is 0 Å². The Kier molecular flexibility index (Phi) is 3.63. The van der Waals surface area contributed by atoms with Gasteiger partial charge in [-0.05, 0) is 24.6 Å². The van der Waals surface area contributed by atoms with Gasteiger partial charge >= 0.3 is 0 Å². The zero-order chi connectivity index (χ0) is 8.10. The average Bonchev–Trinajstić information content (AvgIpc) is 2.37. The number of aliphatic hydroxyl groups excluding tert-OH is 1. The minimum absolute atomic E-state index is 0.204. The summed E-state index contributed by atoms with van der Waals surface area (Å²) in [5.41, 5.74) is 0. The Morgan fingerprint density at radius 3 is 2.91 bits per heavy atom. The van der Waals surface area contributed by atoms with E-state index in [1.165, 1.54) is 11.3 Å². The van der Waals surface area contributed by atoms with Gasteiger partial charge in [0.25, 0.3) is 0 Å². The molecule has 0 bridgehead atoms. The standard InChI is InChI=1S/C8H9ClOS/c9-8-5-4-7(11-8)3-1-2-6-10/h1,3-5,10H,2,6H2. The van der Waals surface area contributed by atoms with E-state index in [0.29, 0.717) is 6.42 Å². The van der Waals surface area contributed by atoms with Crippen LogP contribution in [0, 0.1) is 0 Å². The van der Waals surface area contributed by atoms with Crippen LogP contribution >= 0.6 is 22.9 Å². The number of hydrogen-bond acceptors (Lipinski definition) is 2. The maximum atomic E-state index is 8.48. The normalized spacial score (nSPS) is 11.1. The van der Waals surface area contributed by atoms with Crippen LogP contribution in [0.5, 0.6) is 0 Å². The highest BCUT2D eigenvalue weighted by Gasteiger charge is 1.91. The molecule has 1 rings (SSSR count). The zero-order valence-electron chi connectivity index (χ0n) is 5.96. The van der Waals surface area contributed by atoms with E-state index in [4.69, 9.17) is 16.7 Å². The molecule has 1 nitrogen and oxygen atoms in total. The topological polar surface area (TPSA) is 20.2 Å². The van der Waals surface area contributed by atoms with Gasteiger partial charge in [0.15, 0.2) is 0 Å². The van der Waals surface area contributed by atoms with Crippen molar-refractivity contribution in [3.8, 4) is 0 Å². The molecule has 60 valence electrons. The predicted octanol–water partition coefficient (Wildman–Crippen LogP) is 2.80. The number of thiophene rings is 1. The van der Waals surface area contributed by atoms with Crippen LogP contribution in [0.4, 0.5) is 0 Å². The third kappa shape index (κ3) is 3.06. The Morgan fingerprint density at radius 2 is 2.36 bits per heavy atom. The lowest BCUT2D eigenvalue weighted by Gasteiger charge is -1.83. The van der Waals surface area contributed by atoms with Crippen molar-refractivity contribution in [2.24, 2.45) is 0 Å². The maximum absolute atomic E-state index is 8.48. The first kappa shape index (κ1) is 8.78. The van der Waals surface area contributed by atoms with Crippen LogP contribution in [0.1, 0.15) is 11.3 Å². The summed E-state index contributed by atoms with van der Waals surface area (Å²) in [6.45, 7) is 0.204. The summed E-state index contributed by atoms with van der Waals surface area (Å²) in [4.78, 5) is 1.13. The first-order valence-electron chi connectivity index (χ1n) is 3.35. The number of hydrogen-bond donors (Lipinski definition) is 1. The van der Waals surface area contributed by atoms with Crippen LogP contribution in [0.3, 0.4) is 0 Å². The van der Waals surface area contributed by atoms with Crippen LogP contribution in [0.25, 0.3) is 6.08 Å². The SMILES string of the molecule is OCCC=Cc1ccc(Cl)s1. The monoisotopic (exact) mass is 188 g/mol. The van der Waals surface area contributed by atoms with Crippen LogP contribution in [-0.4, -0.2) is 11.7 Å². The molecule has 0 radical (unpaired) electrons. The molecule has 0 aliphatic rings. The second-order valence-electron chi connectivity index (χ2n) is 2.06. The summed E-state index contributed by atoms with van der Waals surface area (Å²) >= 11 is 7.24. The maximum Gasteiger partial charge on any atom is 0.0934 e. The molecule has 0 saturated heterocycles. The Bertz CT molecular complexity index is 242. The van der Waals surface area contributed by atoms with Crippen molar-refractivity contribution in [2.75, 3.05) is 6.61 Å². The summed E-state index contributed by atoms with van der Waals surface area (Å²) < 4.78 is 0.800. The largest absolute Gasteiger partial charge is 0.396 e. The molecule has 0 saturated carbocycles. The van der Waals surface area contributed by atoms with E-state index in [-0.39, 0.29) is 6.61 Å². The van der Waals surface area contributed by atoms with E-state index in [0.717, 1.165) is 9.21 Å². The van der Waals surface area contributed by atoms with Crippen molar-refractivity contribution in [1.29, 1.82) is 0 Å². The highest BCUT2D eigenvalue weighted by Crippen LogP contribution is 2.22. The van der Waals surface area contributed by atoms with Crippen molar-refractivity contribution in [3.05, 3.63) is 27.4 Å². The van der Waals surface area contributed by atoms with Crippen molar-refractivity contribution in [2.45, 2.75) is 6.42 Å². The van der Waals surface area contributed by atoms with E-state index in [1.54, 1.807) is 0 Å². The molecule has 0 aliphatic heterocycles. The molecular formula is C8H9ClOS. The molecule has 11 heavy (non-hydrogen) atoms. The van der Waals surface area contributed by atoms with E-state index < -0.39 is 0 Å². The fourth-order valence-corrected chi connectivity index (χ4v) is 1.68. The molecule has 0 spiro atoms. The molecule has 0 amide bonds. The lowest BCUT2D eigenvalue weighted by molar-refractivity contribution is 0.303. The summed E-state index contributed by atoms with van der Waals surface area (Å²) in [7, 11) is 0. The minimum Gasteiger partial charge on any atom is -0.396 e. The highest BCUT2D eigenvalue weighted by atomic mass is 35.5. The van der Waals surface area contributed by atoms with Gasteiger partial charge in [-0.2, -0.15) is 0 Å². The average molecular weight is 189 g/mol. The molecule has 3 heteroatoms. The highest BCUT2D eigenvalue weighted by molar-refractivity contribution is 7.16. The summed E-state index contributed by atoms with van der Waals surface area (Å²) in [5.74, 6) is 0.